The second-order valence-corrected chi connectivity index (χ2v) is 4.76. The number of nitrogens with one attached hydrogen (secondary N) is 1. The van der Waals surface area contributed by atoms with Crippen LogP contribution in [0.1, 0.15) is 25.0 Å². The number of rotatable bonds is 6. The molecule has 0 saturated heterocycles. The van der Waals surface area contributed by atoms with Gasteiger partial charge in [-0.05, 0) is 37.6 Å². The van der Waals surface area contributed by atoms with Crippen LogP contribution in [0.3, 0.4) is 0 Å². The quantitative estimate of drug-likeness (QED) is 0.603. The molecule has 0 spiro atoms. The van der Waals surface area contributed by atoms with Crippen molar-refractivity contribution >= 4 is 12.1 Å². The maximum absolute atomic E-state index is 11.4. The number of hydrogen-bond donors (Lipinski definition) is 2. The number of hydrogen-bond acceptors (Lipinski definition) is 5. The first-order valence-corrected chi connectivity index (χ1v) is 6.10. The average Bonchev–Trinajstić information content (AvgIpc) is 2.38. The van der Waals surface area contributed by atoms with Gasteiger partial charge < -0.3 is 14.6 Å². The van der Waals surface area contributed by atoms with E-state index in [1.54, 1.807) is 26.4 Å². The van der Waals surface area contributed by atoms with E-state index in [1.165, 1.54) is 20.1 Å². The average molecular weight is 280 g/mol. The lowest BCUT2D eigenvalue weighted by atomic mass is 10.1. The highest BCUT2D eigenvalue weighted by atomic mass is 16.5. The van der Waals surface area contributed by atoms with Gasteiger partial charge in [0.2, 0.25) is 0 Å². The van der Waals surface area contributed by atoms with Crippen molar-refractivity contribution in [2.24, 2.45) is 5.10 Å². The van der Waals surface area contributed by atoms with Crippen LogP contribution in [0.5, 0.6) is 5.75 Å². The number of carbonyl (C=O) groups excluding carboxylic acids is 1. The molecule has 0 atom stereocenters. The zero-order valence-electron chi connectivity index (χ0n) is 12.1. The Kier molecular flexibility index (Phi) is 5.66. The van der Waals surface area contributed by atoms with E-state index < -0.39 is 11.5 Å². The highest BCUT2D eigenvalue weighted by molar-refractivity contribution is 5.86. The summed E-state index contributed by atoms with van der Waals surface area (Å²) in [7, 11) is 3.19. The molecule has 1 aromatic carbocycles. The molecule has 0 heterocycles. The normalized spacial score (nSPS) is 11.7. The number of ether oxygens (including phenoxy) is 2. The third-order valence-corrected chi connectivity index (χ3v) is 2.54. The molecule has 0 unspecified atom stereocenters. The van der Waals surface area contributed by atoms with Crippen molar-refractivity contribution in [1.29, 1.82) is 0 Å². The summed E-state index contributed by atoms with van der Waals surface area (Å²) in [5.41, 5.74) is 2.48. The minimum atomic E-state index is -1.46. The summed E-state index contributed by atoms with van der Waals surface area (Å²) in [6, 6.07) is 5.45. The van der Waals surface area contributed by atoms with Crippen LogP contribution < -0.4 is 10.2 Å². The van der Waals surface area contributed by atoms with Gasteiger partial charge in [0.25, 0.3) is 5.91 Å². The van der Waals surface area contributed by atoms with Gasteiger partial charge in [-0.25, -0.2) is 5.43 Å². The number of nitrogens with zero attached hydrogens (tertiary/aromatic N) is 1. The van der Waals surface area contributed by atoms with Gasteiger partial charge >= 0.3 is 0 Å². The third-order valence-electron chi connectivity index (χ3n) is 2.54. The summed E-state index contributed by atoms with van der Waals surface area (Å²) in [5.74, 6) is 0.156. The smallest absolute Gasteiger partial charge is 0.271 e. The van der Waals surface area contributed by atoms with Crippen LogP contribution in [-0.4, -0.2) is 37.0 Å². The van der Waals surface area contributed by atoms with Gasteiger partial charge in [0.15, 0.2) is 0 Å². The van der Waals surface area contributed by atoms with Crippen LogP contribution in [0.2, 0.25) is 0 Å². The number of carbonyl (C=O) groups is 1. The molecule has 2 N–H and O–H groups in total. The fourth-order valence-electron chi connectivity index (χ4n) is 1.45. The molecular formula is C14H20N2O4. The molecule has 1 rings (SSSR count). The van der Waals surface area contributed by atoms with Gasteiger partial charge in [0.05, 0.1) is 19.9 Å². The first-order chi connectivity index (χ1) is 9.38. The van der Waals surface area contributed by atoms with Crippen molar-refractivity contribution in [3.8, 4) is 5.75 Å². The summed E-state index contributed by atoms with van der Waals surface area (Å²) in [6.45, 7) is 3.20. The fourth-order valence-corrected chi connectivity index (χ4v) is 1.45. The van der Waals surface area contributed by atoms with Gasteiger partial charge in [-0.1, -0.05) is 0 Å². The maximum Gasteiger partial charge on any atom is 0.271 e. The lowest BCUT2D eigenvalue weighted by Gasteiger charge is -2.13. The monoisotopic (exact) mass is 280 g/mol. The molecule has 0 fully saturated rings. The summed E-state index contributed by atoms with van der Waals surface area (Å²) >= 11 is 0. The van der Waals surface area contributed by atoms with E-state index in [9.17, 15) is 9.90 Å². The second-order valence-electron chi connectivity index (χ2n) is 4.76. The van der Waals surface area contributed by atoms with Crippen LogP contribution in [0.15, 0.2) is 23.3 Å². The maximum atomic E-state index is 11.4. The first kappa shape index (κ1) is 16.1. The summed E-state index contributed by atoms with van der Waals surface area (Å²) < 4.78 is 10.3. The van der Waals surface area contributed by atoms with E-state index in [2.05, 4.69) is 10.5 Å². The minimum Gasteiger partial charge on any atom is -0.496 e. The lowest BCUT2D eigenvalue weighted by molar-refractivity contribution is -0.136. The van der Waals surface area contributed by atoms with E-state index in [-0.39, 0.29) is 0 Å². The minimum absolute atomic E-state index is 0.418. The van der Waals surface area contributed by atoms with Gasteiger partial charge in [0.1, 0.15) is 11.4 Å². The molecule has 20 heavy (non-hydrogen) atoms. The van der Waals surface area contributed by atoms with Crippen molar-refractivity contribution < 1.29 is 19.4 Å². The molecule has 0 aliphatic rings. The summed E-state index contributed by atoms with van der Waals surface area (Å²) in [4.78, 5) is 11.4. The first-order valence-electron chi connectivity index (χ1n) is 6.10. The van der Waals surface area contributed by atoms with E-state index >= 15 is 0 Å². The number of aliphatic hydroxyl groups is 1. The summed E-state index contributed by atoms with van der Waals surface area (Å²) in [6.07, 6.45) is 1.49. The van der Waals surface area contributed by atoms with Crippen LogP contribution in [0, 0.1) is 0 Å². The van der Waals surface area contributed by atoms with E-state index in [1.807, 2.05) is 6.07 Å². The lowest BCUT2D eigenvalue weighted by Crippen LogP contribution is -2.39. The number of hydrazone groups is 1. The SMILES string of the molecule is COCc1cc(/C=N/NC(=O)C(C)(C)O)ccc1OC. The molecule has 0 aromatic heterocycles. The van der Waals surface area contributed by atoms with Crippen molar-refractivity contribution in [3.05, 3.63) is 29.3 Å². The number of methoxy groups -OCH3 is 2. The number of amides is 1. The molecule has 6 heteroatoms. The molecule has 0 aliphatic heterocycles. The molecule has 110 valence electrons. The second kappa shape index (κ2) is 7.02. The Labute approximate surface area is 118 Å². The Hall–Kier alpha value is -1.92. The highest BCUT2D eigenvalue weighted by Gasteiger charge is 2.22. The Bertz CT molecular complexity index is 492. The summed E-state index contributed by atoms with van der Waals surface area (Å²) in [5, 5.41) is 13.2. The molecule has 0 bridgehead atoms. The molecule has 1 amide bonds. The largest absolute Gasteiger partial charge is 0.496 e. The Morgan fingerprint density at radius 3 is 2.70 bits per heavy atom. The number of benzene rings is 1. The van der Waals surface area contributed by atoms with Gasteiger partial charge in [-0.15, -0.1) is 0 Å². The van der Waals surface area contributed by atoms with Gasteiger partial charge in [-0.3, -0.25) is 4.79 Å². The van der Waals surface area contributed by atoms with E-state index in [4.69, 9.17) is 9.47 Å². The molecule has 0 aliphatic carbocycles. The molecule has 6 nitrogen and oxygen atoms in total. The van der Waals surface area contributed by atoms with Gasteiger partial charge in [0, 0.05) is 12.7 Å². The molecule has 0 radical (unpaired) electrons. The Balaban J connectivity index is 2.78. The molecule has 0 saturated carbocycles. The topological polar surface area (TPSA) is 80.2 Å². The zero-order valence-corrected chi connectivity index (χ0v) is 12.1. The van der Waals surface area contributed by atoms with Crippen molar-refractivity contribution in [2.45, 2.75) is 26.1 Å². The van der Waals surface area contributed by atoms with Crippen LogP contribution in [-0.2, 0) is 16.1 Å². The Morgan fingerprint density at radius 2 is 2.15 bits per heavy atom. The molecule has 1 aromatic rings. The predicted octanol–water partition coefficient (Wildman–Crippen LogP) is 1.06. The van der Waals surface area contributed by atoms with Crippen molar-refractivity contribution in [2.75, 3.05) is 14.2 Å². The van der Waals surface area contributed by atoms with Crippen molar-refractivity contribution in [1.82, 2.24) is 5.43 Å². The molecular weight excluding hydrogens is 260 g/mol. The van der Waals surface area contributed by atoms with Crippen LogP contribution >= 0.6 is 0 Å². The van der Waals surface area contributed by atoms with Crippen LogP contribution in [0.25, 0.3) is 0 Å². The zero-order chi connectivity index (χ0) is 15.2. The van der Waals surface area contributed by atoms with E-state index in [0.717, 1.165) is 16.9 Å². The predicted molar refractivity (Wildman–Crippen MR) is 75.7 cm³/mol. The Morgan fingerprint density at radius 1 is 1.45 bits per heavy atom. The third kappa shape index (κ3) is 4.64. The van der Waals surface area contributed by atoms with Gasteiger partial charge in [-0.2, -0.15) is 5.10 Å². The van der Waals surface area contributed by atoms with E-state index in [0.29, 0.717) is 6.61 Å². The van der Waals surface area contributed by atoms with Crippen LogP contribution in [0.4, 0.5) is 0 Å². The highest BCUT2D eigenvalue weighted by Crippen LogP contribution is 2.19. The fraction of sp³-hybridized carbons (Fsp3) is 0.429. The van der Waals surface area contributed by atoms with Crippen molar-refractivity contribution in [3.63, 3.8) is 0 Å². The standard InChI is InChI=1S/C14H20N2O4/c1-14(2,18)13(17)16-15-8-10-5-6-12(20-4)11(7-10)9-19-3/h5-8,18H,9H2,1-4H3,(H,16,17)/b15-8+.